The van der Waals surface area contributed by atoms with Crippen molar-refractivity contribution in [3.63, 3.8) is 0 Å². The molecule has 2 N–H and O–H groups in total. The monoisotopic (exact) mass is 540 g/mol. The Morgan fingerprint density at radius 2 is 1.84 bits per heavy atom. The number of nitrogens with two attached hydrogens (primary N) is 1. The van der Waals surface area contributed by atoms with E-state index in [0.717, 1.165) is 62.9 Å². The van der Waals surface area contributed by atoms with E-state index in [9.17, 15) is 4.39 Å². The smallest absolute Gasteiger partial charge is 0.191 e. The second kappa shape index (κ2) is 10.9. The molecule has 0 saturated carbocycles. The van der Waals surface area contributed by atoms with Gasteiger partial charge in [-0.3, -0.25) is 0 Å². The third-order valence-electron chi connectivity index (χ3n) is 5.59. The third-order valence-corrected chi connectivity index (χ3v) is 5.59. The van der Waals surface area contributed by atoms with Crippen LogP contribution in [-0.2, 0) is 11.3 Å². The van der Waals surface area contributed by atoms with Gasteiger partial charge < -0.3 is 25.2 Å². The van der Waals surface area contributed by atoms with Crippen LogP contribution in [0.3, 0.4) is 0 Å². The molecule has 31 heavy (non-hydrogen) atoms. The molecular weight excluding hydrogens is 510 g/mol. The number of pyridine rings is 1. The lowest BCUT2D eigenvalue weighted by molar-refractivity contribution is 0.0529. The number of halogens is 2. The number of nitrogens with zero attached hydrogens (tertiary/aromatic N) is 5. The SMILES string of the molecule is CC1CN(c2ccc(CN=C(N)N3CCN(c4ccc(F)cc4)CC3)cn2)CCO1.I. The Kier molecular flexibility index (Phi) is 8.30. The first kappa shape index (κ1) is 23.5. The first-order valence-electron chi connectivity index (χ1n) is 10.5. The van der Waals surface area contributed by atoms with E-state index in [4.69, 9.17) is 10.5 Å². The fraction of sp³-hybridized carbons (Fsp3) is 0.455. The van der Waals surface area contributed by atoms with Gasteiger partial charge in [-0.2, -0.15) is 0 Å². The summed E-state index contributed by atoms with van der Waals surface area (Å²) in [5.74, 6) is 1.32. The van der Waals surface area contributed by atoms with Crippen molar-refractivity contribution in [1.29, 1.82) is 0 Å². The number of benzene rings is 1. The molecule has 2 aliphatic heterocycles. The fourth-order valence-corrected chi connectivity index (χ4v) is 3.84. The summed E-state index contributed by atoms with van der Waals surface area (Å²) in [5.41, 5.74) is 8.30. The van der Waals surface area contributed by atoms with Gasteiger partial charge in [-0.15, -0.1) is 24.0 Å². The minimum atomic E-state index is -0.212. The molecule has 1 aromatic carbocycles. The Hall–Kier alpha value is -2.14. The average Bonchev–Trinajstić information content (AvgIpc) is 2.78. The highest BCUT2D eigenvalue weighted by Gasteiger charge is 2.19. The minimum absolute atomic E-state index is 0. The predicted octanol–water partition coefficient (Wildman–Crippen LogP) is 2.70. The van der Waals surface area contributed by atoms with Crippen LogP contribution in [0.5, 0.6) is 0 Å². The first-order valence-corrected chi connectivity index (χ1v) is 10.5. The number of ether oxygens (including phenoxy) is 1. The molecule has 3 heterocycles. The van der Waals surface area contributed by atoms with Crippen LogP contribution < -0.4 is 15.5 Å². The number of hydrogen-bond acceptors (Lipinski definition) is 5. The first-order chi connectivity index (χ1) is 14.6. The fourth-order valence-electron chi connectivity index (χ4n) is 3.84. The van der Waals surface area contributed by atoms with E-state index in [1.54, 1.807) is 0 Å². The number of guanidine groups is 1. The lowest BCUT2D eigenvalue weighted by atomic mass is 10.2. The van der Waals surface area contributed by atoms with Crippen molar-refractivity contribution in [2.24, 2.45) is 10.7 Å². The molecule has 2 aromatic rings. The maximum atomic E-state index is 13.1. The second-order valence-electron chi connectivity index (χ2n) is 7.78. The quantitative estimate of drug-likeness (QED) is 0.366. The van der Waals surface area contributed by atoms with E-state index in [-0.39, 0.29) is 35.9 Å². The number of anilines is 2. The Morgan fingerprint density at radius 3 is 2.48 bits per heavy atom. The van der Waals surface area contributed by atoms with Crippen LogP contribution in [0.4, 0.5) is 15.9 Å². The number of aliphatic imine (C=N–C) groups is 1. The molecule has 1 unspecified atom stereocenters. The Labute approximate surface area is 200 Å². The normalized spacial score (nSPS) is 19.9. The lowest BCUT2D eigenvalue weighted by Gasteiger charge is -2.36. The van der Waals surface area contributed by atoms with Gasteiger partial charge in [0.25, 0.3) is 0 Å². The van der Waals surface area contributed by atoms with E-state index < -0.39 is 0 Å². The van der Waals surface area contributed by atoms with Crippen molar-refractivity contribution in [2.45, 2.75) is 19.6 Å². The zero-order valence-corrected chi connectivity index (χ0v) is 20.1. The van der Waals surface area contributed by atoms with Gasteiger partial charge in [-0.05, 0) is 42.8 Å². The Morgan fingerprint density at radius 1 is 1.10 bits per heavy atom. The van der Waals surface area contributed by atoms with Crippen molar-refractivity contribution < 1.29 is 9.13 Å². The number of rotatable bonds is 4. The van der Waals surface area contributed by atoms with Gasteiger partial charge in [0.15, 0.2) is 5.96 Å². The highest BCUT2D eigenvalue weighted by molar-refractivity contribution is 14.0. The molecule has 0 aliphatic carbocycles. The maximum absolute atomic E-state index is 13.1. The van der Waals surface area contributed by atoms with Crippen molar-refractivity contribution in [3.8, 4) is 0 Å². The van der Waals surface area contributed by atoms with Crippen LogP contribution >= 0.6 is 24.0 Å². The van der Waals surface area contributed by atoms with E-state index in [0.29, 0.717) is 12.5 Å². The summed E-state index contributed by atoms with van der Waals surface area (Å²) in [4.78, 5) is 15.7. The van der Waals surface area contributed by atoms with Crippen molar-refractivity contribution in [3.05, 3.63) is 54.0 Å². The highest BCUT2D eigenvalue weighted by Crippen LogP contribution is 2.18. The number of aromatic nitrogens is 1. The average molecular weight is 540 g/mol. The van der Waals surface area contributed by atoms with Crippen LogP contribution in [0.1, 0.15) is 12.5 Å². The molecule has 7 nitrogen and oxygen atoms in total. The second-order valence-corrected chi connectivity index (χ2v) is 7.78. The highest BCUT2D eigenvalue weighted by atomic mass is 127. The minimum Gasteiger partial charge on any atom is -0.375 e. The Balaban J connectivity index is 0.00000272. The summed E-state index contributed by atoms with van der Waals surface area (Å²) in [7, 11) is 0. The van der Waals surface area contributed by atoms with Crippen LogP contribution in [0.2, 0.25) is 0 Å². The summed E-state index contributed by atoms with van der Waals surface area (Å²) in [6.07, 6.45) is 2.10. The standard InChI is InChI=1S/C22H29FN6O.HI/c1-17-16-29(12-13-30-17)21-7-2-18(14-25-21)15-26-22(24)28-10-8-27(9-11-28)20-5-3-19(23)4-6-20;/h2-7,14,17H,8-13,15-16H2,1H3,(H2,24,26);1H. The zero-order valence-electron chi connectivity index (χ0n) is 17.8. The van der Waals surface area contributed by atoms with E-state index in [2.05, 4.69) is 37.7 Å². The predicted molar refractivity (Wildman–Crippen MR) is 133 cm³/mol. The van der Waals surface area contributed by atoms with Gasteiger partial charge in [0.2, 0.25) is 0 Å². The maximum Gasteiger partial charge on any atom is 0.191 e. The van der Waals surface area contributed by atoms with Crippen LogP contribution in [0.15, 0.2) is 47.6 Å². The summed E-state index contributed by atoms with van der Waals surface area (Å²) in [6, 6.07) is 10.7. The molecule has 4 rings (SSSR count). The van der Waals surface area contributed by atoms with Gasteiger partial charge in [0.05, 0.1) is 19.3 Å². The molecule has 168 valence electrons. The van der Waals surface area contributed by atoms with E-state index >= 15 is 0 Å². The molecule has 0 spiro atoms. The molecule has 0 radical (unpaired) electrons. The molecule has 0 amide bonds. The van der Waals surface area contributed by atoms with E-state index in [1.165, 1.54) is 12.1 Å². The van der Waals surface area contributed by atoms with Crippen molar-refractivity contribution in [1.82, 2.24) is 9.88 Å². The van der Waals surface area contributed by atoms with Gasteiger partial charge in [-0.1, -0.05) is 6.07 Å². The molecule has 1 aromatic heterocycles. The summed E-state index contributed by atoms with van der Waals surface area (Å²) >= 11 is 0. The summed E-state index contributed by atoms with van der Waals surface area (Å²) in [6.45, 7) is 8.30. The molecule has 1 atom stereocenters. The van der Waals surface area contributed by atoms with Gasteiger partial charge in [0, 0.05) is 51.2 Å². The van der Waals surface area contributed by atoms with Crippen molar-refractivity contribution >= 4 is 41.4 Å². The topological polar surface area (TPSA) is 70.2 Å². The molecule has 2 saturated heterocycles. The molecular formula is C22H30FIN6O. The summed E-state index contributed by atoms with van der Waals surface area (Å²) < 4.78 is 18.7. The van der Waals surface area contributed by atoms with Gasteiger partial charge in [-0.25, -0.2) is 14.4 Å². The van der Waals surface area contributed by atoms with Gasteiger partial charge in [0.1, 0.15) is 11.6 Å². The van der Waals surface area contributed by atoms with E-state index in [1.807, 2.05) is 24.4 Å². The third kappa shape index (κ3) is 6.19. The largest absolute Gasteiger partial charge is 0.375 e. The molecule has 2 aliphatic rings. The summed E-state index contributed by atoms with van der Waals surface area (Å²) in [5, 5.41) is 0. The van der Waals surface area contributed by atoms with Crippen LogP contribution in [-0.4, -0.2) is 67.8 Å². The number of morpholine rings is 1. The lowest BCUT2D eigenvalue weighted by Crippen LogP contribution is -2.51. The zero-order chi connectivity index (χ0) is 20.9. The van der Waals surface area contributed by atoms with Crippen LogP contribution in [0, 0.1) is 5.82 Å². The molecule has 2 fully saturated rings. The number of hydrogen-bond donors (Lipinski definition) is 1. The van der Waals surface area contributed by atoms with Crippen LogP contribution in [0.25, 0.3) is 0 Å². The molecule has 9 heteroatoms. The van der Waals surface area contributed by atoms with Crippen molar-refractivity contribution in [2.75, 3.05) is 55.7 Å². The number of piperazine rings is 1. The Bertz CT molecular complexity index is 855. The molecule has 0 bridgehead atoms. The van der Waals surface area contributed by atoms with Gasteiger partial charge >= 0.3 is 0 Å².